The molecular formula is C18H25NOS. The Morgan fingerprint density at radius 2 is 2.05 bits per heavy atom. The molecule has 1 aromatic carbocycles. The van der Waals surface area contributed by atoms with E-state index in [0.717, 1.165) is 30.3 Å². The minimum Gasteiger partial charge on any atom is -0.491 e. The van der Waals surface area contributed by atoms with Gasteiger partial charge in [0.05, 0.1) is 17.4 Å². The SMILES string of the molecule is C/C=C(\OCCCC)C1=NC(C)(C)C(c2ccccc2)S1. The second-order valence-corrected chi connectivity index (χ2v) is 6.93. The number of benzene rings is 1. The molecule has 3 heteroatoms. The summed E-state index contributed by atoms with van der Waals surface area (Å²) >= 11 is 1.82. The molecule has 2 rings (SSSR count). The third-order valence-electron chi connectivity index (χ3n) is 3.59. The van der Waals surface area contributed by atoms with Gasteiger partial charge in [-0.3, -0.25) is 4.99 Å². The number of aliphatic imine (C=N–C) groups is 1. The Bertz CT molecular complexity index is 519. The van der Waals surface area contributed by atoms with Gasteiger partial charge in [-0.2, -0.15) is 0 Å². The Morgan fingerprint density at radius 1 is 1.33 bits per heavy atom. The summed E-state index contributed by atoms with van der Waals surface area (Å²) in [5.41, 5.74) is 1.22. The molecule has 2 nitrogen and oxygen atoms in total. The van der Waals surface area contributed by atoms with Crippen LogP contribution in [-0.2, 0) is 4.74 Å². The standard InChI is InChI=1S/C18H25NOS/c1-5-7-13-20-15(6-2)17-19-18(3,4)16(21-17)14-11-9-8-10-12-14/h6,8-12,16H,5,7,13H2,1-4H3/b15-6-. The normalized spacial score (nSPS) is 21.2. The van der Waals surface area contributed by atoms with Gasteiger partial charge in [0.1, 0.15) is 10.8 Å². The van der Waals surface area contributed by atoms with Gasteiger partial charge >= 0.3 is 0 Å². The van der Waals surface area contributed by atoms with Crippen molar-refractivity contribution < 1.29 is 4.74 Å². The van der Waals surface area contributed by atoms with Gasteiger partial charge < -0.3 is 4.74 Å². The second-order valence-electron chi connectivity index (χ2n) is 5.83. The molecule has 114 valence electrons. The number of hydrogen-bond acceptors (Lipinski definition) is 3. The summed E-state index contributed by atoms with van der Waals surface area (Å²) in [5.74, 6) is 0.931. The number of allylic oxidation sites excluding steroid dienone is 1. The molecule has 1 aliphatic heterocycles. The first-order valence-electron chi connectivity index (χ1n) is 7.69. The molecule has 0 fully saturated rings. The van der Waals surface area contributed by atoms with Crippen LogP contribution >= 0.6 is 11.8 Å². The molecule has 0 spiro atoms. The molecular weight excluding hydrogens is 278 g/mol. The third-order valence-corrected chi connectivity index (χ3v) is 5.19. The van der Waals surface area contributed by atoms with Crippen LogP contribution in [0.25, 0.3) is 0 Å². The van der Waals surface area contributed by atoms with Crippen LogP contribution < -0.4 is 0 Å². The molecule has 0 amide bonds. The lowest BCUT2D eigenvalue weighted by Crippen LogP contribution is -2.20. The summed E-state index contributed by atoms with van der Waals surface area (Å²) in [6.45, 7) is 9.36. The fraction of sp³-hybridized carbons (Fsp3) is 0.500. The zero-order valence-corrected chi connectivity index (χ0v) is 14.2. The summed E-state index contributed by atoms with van der Waals surface area (Å²) in [5, 5.41) is 1.38. The Labute approximate surface area is 132 Å². The van der Waals surface area contributed by atoms with E-state index in [1.165, 1.54) is 5.56 Å². The predicted molar refractivity (Wildman–Crippen MR) is 92.9 cm³/mol. The molecule has 1 aliphatic rings. The first-order chi connectivity index (χ1) is 10.1. The summed E-state index contributed by atoms with van der Waals surface area (Å²) in [4.78, 5) is 4.91. The summed E-state index contributed by atoms with van der Waals surface area (Å²) in [7, 11) is 0. The van der Waals surface area contributed by atoms with Crippen molar-refractivity contribution >= 4 is 16.8 Å². The van der Waals surface area contributed by atoms with Crippen molar-refractivity contribution in [2.45, 2.75) is 51.3 Å². The molecule has 1 heterocycles. The van der Waals surface area contributed by atoms with E-state index < -0.39 is 0 Å². The zero-order chi connectivity index (χ0) is 15.3. The lowest BCUT2D eigenvalue weighted by atomic mass is 9.95. The maximum Gasteiger partial charge on any atom is 0.146 e. The van der Waals surface area contributed by atoms with E-state index in [1.807, 2.05) is 24.8 Å². The van der Waals surface area contributed by atoms with Crippen molar-refractivity contribution in [3.63, 3.8) is 0 Å². The average Bonchev–Trinajstić information content (AvgIpc) is 2.80. The van der Waals surface area contributed by atoms with E-state index >= 15 is 0 Å². The van der Waals surface area contributed by atoms with Gasteiger partial charge in [-0.1, -0.05) is 55.4 Å². The number of ether oxygens (including phenoxy) is 1. The Morgan fingerprint density at radius 3 is 2.67 bits per heavy atom. The van der Waals surface area contributed by atoms with Crippen LogP contribution in [-0.4, -0.2) is 17.2 Å². The largest absolute Gasteiger partial charge is 0.491 e. The van der Waals surface area contributed by atoms with Crippen LogP contribution in [0.2, 0.25) is 0 Å². The first-order valence-corrected chi connectivity index (χ1v) is 8.57. The zero-order valence-electron chi connectivity index (χ0n) is 13.4. The Balaban J connectivity index is 2.13. The van der Waals surface area contributed by atoms with Crippen molar-refractivity contribution in [1.29, 1.82) is 0 Å². The minimum atomic E-state index is -0.107. The lowest BCUT2D eigenvalue weighted by molar-refractivity contribution is 0.226. The number of nitrogens with zero attached hydrogens (tertiary/aromatic N) is 1. The Kier molecular flexibility index (Phi) is 5.51. The van der Waals surface area contributed by atoms with E-state index in [1.54, 1.807) is 0 Å². The molecule has 0 N–H and O–H groups in total. The van der Waals surface area contributed by atoms with Crippen molar-refractivity contribution in [3.8, 4) is 0 Å². The molecule has 0 aliphatic carbocycles. The maximum atomic E-state index is 5.90. The van der Waals surface area contributed by atoms with Crippen molar-refractivity contribution in [3.05, 3.63) is 47.7 Å². The summed E-state index contributed by atoms with van der Waals surface area (Å²) < 4.78 is 5.90. The van der Waals surface area contributed by atoms with Gasteiger partial charge in [0.15, 0.2) is 0 Å². The number of hydrogen-bond donors (Lipinski definition) is 0. The number of unbranched alkanes of at least 4 members (excludes halogenated alkanes) is 1. The first kappa shape index (κ1) is 16.2. The molecule has 21 heavy (non-hydrogen) atoms. The molecule has 0 bridgehead atoms. The molecule has 0 saturated heterocycles. The molecule has 1 unspecified atom stereocenters. The second kappa shape index (κ2) is 7.17. The fourth-order valence-electron chi connectivity index (χ4n) is 2.41. The molecule has 1 aromatic rings. The highest BCUT2D eigenvalue weighted by molar-refractivity contribution is 8.15. The highest BCUT2D eigenvalue weighted by atomic mass is 32.2. The van der Waals surface area contributed by atoms with E-state index in [-0.39, 0.29) is 5.54 Å². The lowest BCUT2D eigenvalue weighted by Gasteiger charge is -2.23. The van der Waals surface area contributed by atoms with Crippen LogP contribution in [0.5, 0.6) is 0 Å². The van der Waals surface area contributed by atoms with Gasteiger partial charge in [-0.15, -0.1) is 0 Å². The number of thioether (sulfide) groups is 1. The molecule has 0 radical (unpaired) electrons. The van der Waals surface area contributed by atoms with Gasteiger partial charge in [0, 0.05) is 0 Å². The minimum absolute atomic E-state index is 0.107. The van der Waals surface area contributed by atoms with Gasteiger partial charge in [-0.25, -0.2) is 0 Å². The highest BCUT2D eigenvalue weighted by Crippen LogP contribution is 2.48. The van der Waals surface area contributed by atoms with Crippen LogP contribution in [0.15, 0.2) is 47.2 Å². The highest BCUT2D eigenvalue weighted by Gasteiger charge is 2.39. The van der Waals surface area contributed by atoms with Crippen LogP contribution in [0.1, 0.15) is 51.3 Å². The van der Waals surface area contributed by atoms with Gasteiger partial charge in [0.25, 0.3) is 0 Å². The van der Waals surface area contributed by atoms with Crippen molar-refractivity contribution in [1.82, 2.24) is 0 Å². The van der Waals surface area contributed by atoms with E-state index in [4.69, 9.17) is 9.73 Å². The topological polar surface area (TPSA) is 21.6 Å². The fourth-order valence-corrected chi connectivity index (χ4v) is 3.85. The maximum absolute atomic E-state index is 5.90. The summed E-state index contributed by atoms with van der Waals surface area (Å²) in [6.07, 6.45) is 4.26. The van der Waals surface area contributed by atoms with E-state index in [2.05, 4.69) is 51.1 Å². The average molecular weight is 303 g/mol. The summed E-state index contributed by atoms with van der Waals surface area (Å²) in [6, 6.07) is 10.6. The predicted octanol–water partition coefficient (Wildman–Crippen LogP) is 5.37. The smallest absolute Gasteiger partial charge is 0.146 e. The van der Waals surface area contributed by atoms with Crippen LogP contribution in [0, 0.1) is 0 Å². The van der Waals surface area contributed by atoms with E-state index in [0.29, 0.717) is 5.25 Å². The van der Waals surface area contributed by atoms with Crippen LogP contribution in [0.4, 0.5) is 0 Å². The third kappa shape index (κ3) is 3.91. The van der Waals surface area contributed by atoms with Crippen molar-refractivity contribution in [2.24, 2.45) is 4.99 Å². The van der Waals surface area contributed by atoms with Crippen LogP contribution in [0.3, 0.4) is 0 Å². The monoisotopic (exact) mass is 303 g/mol. The van der Waals surface area contributed by atoms with Gasteiger partial charge in [0.2, 0.25) is 0 Å². The number of rotatable bonds is 6. The van der Waals surface area contributed by atoms with Gasteiger partial charge in [-0.05, 0) is 38.8 Å². The Hall–Kier alpha value is -1.22. The quantitative estimate of drug-likeness (QED) is 0.520. The molecule has 0 aromatic heterocycles. The van der Waals surface area contributed by atoms with Crippen molar-refractivity contribution in [2.75, 3.05) is 6.61 Å². The van der Waals surface area contributed by atoms with E-state index in [9.17, 15) is 0 Å². The molecule has 1 atom stereocenters. The molecule has 0 saturated carbocycles.